The van der Waals surface area contributed by atoms with Crippen LogP contribution in [0.15, 0.2) is 36.4 Å². The number of carbonyl (C=O) groups excluding carboxylic acids is 1. The highest BCUT2D eigenvalue weighted by Crippen LogP contribution is 2.35. The molecule has 0 spiro atoms. The molecule has 29 heavy (non-hydrogen) atoms. The maximum absolute atomic E-state index is 12.3. The summed E-state index contributed by atoms with van der Waals surface area (Å²) in [5, 5.41) is 8.95. The number of ether oxygens (including phenoxy) is 1. The summed E-state index contributed by atoms with van der Waals surface area (Å²) in [4.78, 5) is 26.3. The lowest BCUT2D eigenvalue weighted by molar-refractivity contribution is -0.147. The zero-order chi connectivity index (χ0) is 20.2. The Morgan fingerprint density at radius 3 is 2.52 bits per heavy atom. The Labute approximate surface area is 174 Å². The number of piperidine rings is 2. The van der Waals surface area contributed by atoms with Crippen molar-refractivity contribution in [3.63, 3.8) is 0 Å². The van der Waals surface area contributed by atoms with E-state index in [0.717, 1.165) is 54.8 Å². The van der Waals surface area contributed by atoms with Crippen LogP contribution < -0.4 is 4.74 Å². The average molecular weight is 410 g/mol. The number of rotatable bonds is 6. The van der Waals surface area contributed by atoms with Crippen molar-refractivity contribution in [1.82, 2.24) is 4.90 Å². The molecule has 3 aliphatic rings. The molecule has 3 heterocycles. The van der Waals surface area contributed by atoms with Gasteiger partial charge in [0.25, 0.3) is 0 Å². The van der Waals surface area contributed by atoms with Crippen molar-refractivity contribution in [3.05, 3.63) is 51.7 Å². The second kappa shape index (κ2) is 8.71. The molecule has 1 N–H and O–H groups in total. The van der Waals surface area contributed by atoms with Crippen molar-refractivity contribution in [2.45, 2.75) is 38.1 Å². The van der Waals surface area contributed by atoms with Crippen molar-refractivity contribution >= 4 is 23.2 Å². The topological polar surface area (TPSA) is 66.8 Å². The van der Waals surface area contributed by atoms with E-state index in [-0.39, 0.29) is 10.8 Å². The van der Waals surface area contributed by atoms with Gasteiger partial charge in [0.15, 0.2) is 0 Å². The number of benzene rings is 1. The molecule has 1 aromatic carbocycles. The molecule has 2 aliphatic heterocycles. The van der Waals surface area contributed by atoms with E-state index in [4.69, 9.17) is 9.84 Å². The molecule has 2 bridgehead atoms. The van der Waals surface area contributed by atoms with Gasteiger partial charge >= 0.3 is 5.97 Å². The summed E-state index contributed by atoms with van der Waals surface area (Å²) in [5.41, 5.74) is 0.845. The van der Waals surface area contributed by atoms with E-state index in [0.29, 0.717) is 18.6 Å². The molecule has 5 rings (SSSR count). The number of carbonyl (C=O) groups is 2. The first-order chi connectivity index (χ1) is 14.1. The SMILES string of the molecule is O=C(O)c1ccc(C#Cc2ccc(OCCCN3C(=O)C4CCC3CC4)cc2)s1. The minimum Gasteiger partial charge on any atom is -0.494 e. The zero-order valence-electron chi connectivity index (χ0n) is 16.1. The van der Waals surface area contributed by atoms with Crippen LogP contribution in [0.4, 0.5) is 0 Å². The molecular formula is C23H23NO4S. The van der Waals surface area contributed by atoms with Gasteiger partial charge in [0.1, 0.15) is 10.6 Å². The lowest BCUT2D eigenvalue weighted by Crippen LogP contribution is -2.52. The molecule has 0 unspecified atom stereocenters. The maximum atomic E-state index is 12.3. The maximum Gasteiger partial charge on any atom is 0.345 e. The molecular weight excluding hydrogens is 386 g/mol. The van der Waals surface area contributed by atoms with Crippen molar-refractivity contribution in [1.29, 1.82) is 0 Å². The number of carboxylic acids is 1. The van der Waals surface area contributed by atoms with Gasteiger partial charge in [-0.3, -0.25) is 4.79 Å². The molecule has 3 fully saturated rings. The lowest BCUT2D eigenvalue weighted by atomic mass is 9.79. The fraction of sp³-hybridized carbons (Fsp3) is 0.391. The average Bonchev–Trinajstić information content (AvgIpc) is 3.22. The number of carboxylic acid groups (broad SMARTS) is 1. The van der Waals surface area contributed by atoms with Gasteiger partial charge < -0.3 is 14.7 Å². The van der Waals surface area contributed by atoms with E-state index < -0.39 is 5.97 Å². The summed E-state index contributed by atoms with van der Waals surface area (Å²) < 4.78 is 5.81. The highest BCUT2D eigenvalue weighted by Gasteiger charge is 2.39. The number of hydrogen-bond acceptors (Lipinski definition) is 4. The minimum absolute atomic E-state index is 0.263. The Morgan fingerprint density at radius 2 is 1.86 bits per heavy atom. The molecule has 1 saturated carbocycles. The zero-order valence-corrected chi connectivity index (χ0v) is 16.9. The van der Waals surface area contributed by atoms with E-state index in [1.165, 1.54) is 11.3 Å². The molecule has 2 saturated heterocycles. The molecule has 1 aliphatic carbocycles. The van der Waals surface area contributed by atoms with Crippen molar-refractivity contribution in [2.75, 3.05) is 13.2 Å². The van der Waals surface area contributed by atoms with Gasteiger partial charge in [-0.15, -0.1) is 11.3 Å². The van der Waals surface area contributed by atoms with Gasteiger partial charge in [-0.05, 0) is 68.5 Å². The van der Waals surface area contributed by atoms with Crippen LogP contribution in [0.3, 0.4) is 0 Å². The monoisotopic (exact) mass is 409 g/mol. The van der Waals surface area contributed by atoms with E-state index in [2.05, 4.69) is 16.7 Å². The molecule has 5 nitrogen and oxygen atoms in total. The number of thiophene rings is 1. The summed E-state index contributed by atoms with van der Waals surface area (Å²) >= 11 is 1.17. The van der Waals surface area contributed by atoms with Gasteiger partial charge in [-0.25, -0.2) is 4.79 Å². The van der Waals surface area contributed by atoms with Crippen LogP contribution in [0.1, 0.15) is 52.2 Å². The molecule has 1 aromatic heterocycles. The Hall–Kier alpha value is -2.78. The quantitative estimate of drug-likeness (QED) is 0.578. The second-order valence-corrected chi connectivity index (χ2v) is 8.57. The third-order valence-corrected chi connectivity index (χ3v) is 6.57. The third kappa shape index (κ3) is 4.63. The van der Waals surface area contributed by atoms with Crippen LogP contribution in [0.5, 0.6) is 5.75 Å². The Kier molecular flexibility index (Phi) is 5.86. The Bertz CT molecular complexity index is 945. The predicted octanol–water partition coefficient (Wildman–Crippen LogP) is 4.02. The molecule has 1 amide bonds. The van der Waals surface area contributed by atoms with Gasteiger partial charge in [-0.2, -0.15) is 0 Å². The molecule has 0 radical (unpaired) electrons. The first-order valence-electron chi connectivity index (χ1n) is 9.98. The number of aromatic carboxylic acids is 1. The van der Waals surface area contributed by atoms with Crippen molar-refractivity contribution in [2.24, 2.45) is 5.92 Å². The van der Waals surface area contributed by atoms with Crippen molar-refractivity contribution < 1.29 is 19.4 Å². The standard InChI is InChI=1S/C23H23NO4S/c25-22-17-5-7-18(8-6-17)24(22)14-1-15-28-19-9-2-16(3-10-19)4-11-20-12-13-21(29-20)23(26)27/h2-3,9-10,12-13,17-18H,1,5-8,14-15H2,(H,26,27). The Balaban J connectivity index is 1.24. The van der Waals surface area contributed by atoms with Crippen LogP contribution in [0.25, 0.3) is 0 Å². The minimum atomic E-state index is -0.929. The number of nitrogens with zero attached hydrogens (tertiary/aromatic N) is 1. The summed E-state index contributed by atoms with van der Waals surface area (Å²) in [6, 6.07) is 11.3. The van der Waals surface area contributed by atoms with E-state index in [1.54, 1.807) is 12.1 Å². The smallest absolute Gasteiger partial charge is 0.345 e. The summed E-state index contributed by atoms with van der Waals surface area (Å²) in [7, 11) is 0. The fourth-order valence-electron chi connectivity index (χ4n) is 4.05. The first kappa shape index (κ1) is 19.5. The number of amides is 1. The first-order valence-corrected chi connectivity index (χ1v) is 10.8. The van der Waals surface area contributed by atoms with E-state index >= 15 is 0 Å². The summed E-state index contributed by atoms with van der Waals surface area (Å²) in [5.74, 6) is 6.49. The fourth-order valence-corrected chi connectivity index (χ4v) is 4.75. The van der Waals surface area contributed by atoms with Crippen LogP contribution in [-0.4, -0.2) is 41.1 Å². The second-order valence-electron chi connectivity index (χ2n) is 7.48. The molecule has 0 atom stereocenters. The third-order valence-electron chi connectivity index (χ3n) is 5.58. The number of hydrogen-bond donors (Lipinski definition) is 1. The highest BCUT2D eigenvalue weighted by atomic mass is 32.1. The molecule has 2 aromatic rings. The van der Waals surface area contributed by atoms with Gasteiger partial charge in [0.05, 0.1) is 11.5 Å². The van der Waals surface area contributed by atoms with Crippen LogP contribution in [0, 0.1) is 17.8 Å². The van der Waals surface area contributed by atoms with Crippen LogP contribution >= 0.6 is 11.3 Å². The lowest BCUT2D eigenvalue weighted by Gasteiger charge is -2.44. The normalized spacial score (nSPS) is 20.3. The number of fused-ring (bicyclic) bond motifs is 3. The van der Waals surface area contributed by atoms with Gasteiger partial charge in [-0.1, -0.05) is 11.8 Å². The van der Waals surface area contributed by atoms with Crippen LogP contribution in [0.2, 0.25) is 0 Å². The summed E-state index contributed by atoms with van der Waals surface area (Å²) in [6.07, 6.45) is 5.28. The van der Waals surface area contributed by atoms with Gasteiger partial charge in [0, 0.05) is 24.1 Å². The summed E-state index contributed by atoms with van der Waals surface area (Å²) in [6.45, 7) is 1.36. The van der Waals surface area contributed by atoms with Gasteiger partial charge in [0.2, 0.25) is 5.91 Å². The predicted molar refractivity (Wildman–Crippen MR) is 111 cm³/mol. The molecule has 150 valence electrons. The largest absolute Gasteiger partial charge is 0.494 e. The van der Waals surface area contributed by atoms with E-state index in [1.807, 2.05) is 24.3 Å². The van der Waals surface area contributed by atoms with Crippen LogP contribution in [-0.2, 0) is 4.79 Å². The van der Waals surface area contributed by atoms with E-state index in [9.17, 15) is 9.59 Å². The molecule has 6 heteroatoms. The Morgan fingerprint density at radius 1 is 1.10 bits per heavy atom. The highest BCUT2D eigenvalue weighted by molar-refractivity contribution is 7.14. The van der Waals surface area contributed by atoms with Crippen molar-refractivity contribution in [3.8, 4) is 17.6 Å².